The molecule has 0 unspecified atom stereocenters. The fourth-order valence-corrected chi connectivity index (χ4v) is 2.93. The summed E-state index contributed by atoms with van der Waals surface area (Å²) in [5.74, 6) is 0.258. The van der Waals surface area contributed by atoms with Gasteiger partial charge in [-0.15, -0.1) is 11.3 Å². The van der Waals surface area contributed by atoms with Crippen molar-refractivity contribution in [2.75, 3.05) is 13.1 Å². The minimum Gasteiger partial charge on any atom is -0.293 e. The Kier molecular flexibility index (Phi) is 5.34. The van der Waals surface area contributed by atoms with Gasteiger partial charge in [0.1, 0.15) is 0 Å². The zero-order valence-corrected chi connectivity index (χ0v) is 12.4. The highest BCUT2D eigenvalue weighted by Crippen LogP contribution is 2.21. The molecule has 2 nitrogen and oxygen atoms in total. The van der Waals surface area contributed by atoms with Crippen molar-refractivity contribution in [2.24, 2.45) is 0 Å². The van der Waals surface area contributed by atoms with Gasteiger partial charge in [-0.3, -0.25) is 9.69 Å². The lowest BCUT2D eigenvalue weighted by atomic mass is 10.1. The molecule has 0 fully saturated rings. The maximum absolute atomic E-state index is 12.2. The predicted molar refractivity (Wildman–Crippen MR) is 75.1 cm³/mol. The first-order valence-corrected chi connectivity index (χ1v) is 7.11. The van der Waals surface area contributed by atoms with Crippen LogP contribution in [0.5, 0.6) is 0 Å². The molecule has 1 aromatic heterocycles. The number of carbonyl (C=O) groups excluding carboxylic acids is 1. The Morgan fingerprint density at radius 1 is 1.41 bits per heavy atom. The van der Waals surface area contributed by atoms with Crippen LogP contribution in [0.4, 0.5) is 0 Å². The Balaban J connectivity index is 2.73. The number of thiophene rings is 1. The number of ketones is 1. The van der Waals surface area contributed by atoms with Crippen molar-refractivity contribution >= 4 is 17.1 Å². The number of aryl methyl sites for hydroxylation is 2. The highest BCUT2D eigenvalue weighted by molar-refractivity contribution is 7.12. The van der Waals surface area contributed by atoms with E-state index < -0.39 is 0 Å². The first-order chi connectivity index (χ1) is 7.95. The molecule has 0 aromatic carbocycles. The molecule has 0 atom stereocenters. The van der Waals surface area contributed by atoms with Crippen LogP contribution in [0, 0.1) is 13.8 Å². The third-order valence-corrected chi connectivity index (χ3v) is 3.90. The molecule has 96 valence electrons. The highest BCUT2D eigenvalue weighted by Gasteiger charge is 2.17. The van der Waals surface area contributed by atoms with Crippen LogP contribution < -0.4 is 0 Å². The van der Waals surface area contributed by atoms with Crippen molar-refractivity contribution in [2.45, 2.75) is 47.1 Å². The summed E-state index contributed by atoms with van der Waals surface area (Å²) in [6, 6.07) is 2.45. The van der Waals surface area contributed by atoms with E-state index in [-0.39, 0.29) is 5.78 Å². The molecule has 17 heavy (non-hydrogen) atoms. The molecular weight excluding hydrogens is 230 g/mol. The van der Waals surface area contributed by atoms with Crippen LogP contribution >= 0.6 is 11.3 Å². The van der Waals surface area contributed by atoms with Crippen molar-refractivity contribution in [3.05, 3.63) is 21.4 Å². The number of carbonyl (C=O) groups is 1. The van der Waals surface area contributed by atoms with Crippen LogP contribution in [0.2, 0.25) is 0 Å². The Morgan fingerprint density at radius 3 is 2.47 bits per heavy atom. The summed E-state index contributed by atoms with van der Waals surface area (Å²) in [5, 5.41) is 0. The largest absolute Gasteiger partial charge is 0.293 e. The van der Waals surface area contributed by atoms with E-state index in [1.54, 1.807) is 11.3 Å². The average molecular weight is 253 g/mol. The van der Waals surface area contributed by atoms with Crippen LogP contribution in [-0.2, 0) is 0 Å². The van der Waals surface area contributed by atoms with Gasteiger partial charge in [0.15, 0.2) is 5.78 Å². The van der Waals surface area contributed by atoms with E-state index in [1.807, 2.05) is 13.0 Å². The fourth-order valence-electron chi connectivity index (χ4n) is 1.98. The predicted octanol–water partition coefficient (Wildman–Crippen LogP) is 3.67. The van der Waals surface area contributed by atoms with Gasteiger partial charge >= 0.3 is 0 Å². The van der Waals surface area contributed by atoms with E-state index in [0.29, 0.717) is 12.6 Å². The van der Waals surface area contributed by atoms with E-state index in [9.17, 15) is 4.79 Å². The SMILES string of the molecule is CCCN(CC(=O)c1cc(C)sc1C)C(C)C. The number of hydrogen-bond acceptors (Lipinski definition) is 3. The summed E-state index contributed by atoms with van der Waals surface area (Å²) in [6.45, 7) is 12.1. The third kappa shape index (κ3) is 3.93. The van der Waals surface area contributed by atoms with E-state index in [0.717, 1.165) is 23.4 Å². The van der Waals surface area contributed by atoms with Gasteiger partial charge in [0.25, 0.3) is 0 Å². The van der Waals surface area contributed by atoms with Gasteiger partial charge in [0.05, 0.1) is 6.54 Å². The van der Waals surface area contributed by atoms with E-state index >= 15 is 0 Å². The summed E-state index contributed by atoms with van der Waals surface area (Å²) in [5.41, 5.74) is 0.911. The molecule has 0 N–H and O–H groups in total. The van der Waals surface area contributed by atoms with Crippen LogP contribution in [0.3, 0.4) is 0 Å². The van der Waals surface area contributed by atoms with Gasteiger partial charge in [-0.05, 0) is 46.7 Å². The summed E-state index contributed by atoms with van der Waals surface area (Å²) in [6.07, 6.45) is 1.09. The van der Waals surface area contributed by atoms with Crippen molar-refractivity contribution in [1.29, 1.82) is 0 Å². The van der Waals surface area contributed by atoms with Crippen LogP contribution in [-0.4, -0.2) is 29.8 Å². The standard InChI is InChI=1S/C14H23NOS/c1-6-7-15(10(2)3)9-14(16)13-8-11(4)17-12(13)5/h8,10H,6-7,9H2,1-5H3. The molecule has 3 heteroatoms. The molecule has 1 heterocycles. The smallest absolute Gasteiger partial charge is 0.177 e. The number of rotatable bonds is 6. The normalized spacial score (nSPS) is 11.5. The van der Waals surface area contributed by atoms with Gasteiger partial charge in [-0.1, -0.05) is 6.92 Å². The second-order valence-corrected chi connectivity index (χ2v) is 6.27. The maximum Gasteiger partial charge on any atom is 0.177 e. The molecule has 0 amide bonds. The summed E-state index contributed by atoms with van der Waals surface area (Å²) < 4.78 is 0. The molecule has 1 rings (SSSR count). The fraction of sp³-hybridized carbons (Fsp3) is 0.643. The summed E-state index contributed by atoms with van der Waals surface area (Å²) in [7, 11) is 0. The third-order valence-electron chi connectivity index (χ3n) is 2.93. The molecule has 1 aromatic rings. The molecule has 0 bridgehead atoms. The van der Waals surface area contributed by atoms with Gasteiger partial charge < -0.3 is 0 Å². The molecule has 0 saturated carbocycles. The molecule has 0 saturated heterocycles. The second kappa shape index (κ2) is 6.31. The maximum atomic E-state index is 12.2. The summed E-state index contributed by atoms with van der Waals surface area (Å²) >= 11 is 1.71. The Labute approximate surface area is 109 Å². The summed E-state index contributed by atoms with van der Waals surface area (Å²) in [4.78, 5) is 16.8. The van der Waals surface area contributed by atoms with Crippen LogP contribution in [0.1, 0.15) is 47.3 Å². The Hall–Kier alpha value is -0.670. The quantitative estimate of drug-likeness (QED) is 0.721. The first kappa shape index (κ1) is 14.4. The monoisotopic (exact) mass is 253 g/mol. The van der Waals surface area contributed by atoms with Crippen molar-refractivity contribution < 1.29 is 4.79 Å². The Bertz CT molecular complexity index is 382. The molecular formula is C14H23NOS. The van der Waals surface area contributed by atoms with Gasteiger partial charge in [-0.25, -0.2) is 0 Å². The lowest BCUT2D eigenvalue weighted by Crippen LogP contribution is -2.36. The van der Waals surface area contributed by atoms with E-state index in [4.69, 9.17) is 0 Å². The lowest BCUT2D eigenvalue weighted by Gasteiger charge is -2.24. The number of Topliss-reactive ketones (excluding diaryl/α,β-unsaturated/α-hetero) is 1. The Morgan fingerprint density at radius 2 is 2.06 bits per heavy atom. The van der Waals surface area contributed by atoms with Gasteiger partial charge in [-0.2, -0.15) is 0 Å². The minimum atomic E-state index is 0.258. The molecule has 0 spiro atoms. The van der Waals surface area contributed by atoms with Gasteiger partial charge in [0, 0.05) is 21.4 Å². The van der Waals surface area contributed by atoms with Gasteiger partial charge in [0.2, 0.25) is 0 Å². The van der Waals surface area contributed by atoms with Crippen molar-refractivity contribution in [3.63, 3.8) is 0 Å². The number of hydrogen-bond donors (Lipinski definition) is 0. The molecule has 0 radical (unpaired) electrons. The molecule has 0 aliphatic carbocycles. The zero-order valence-electron chi connectivity index (χ0n) is 11.5. The molecule has 0 aliphatic rings. The van der Waals surface area contributed by atoms with E-state index in [1.165, 1.54) is 4.88 Å². The average Bonchev–Trinajstić information content (AvgIpc) is 2.57. The minimum absolute atomic E-state index is 0.258. The highest BCUT2D eigenvalue weighted by atomic mass is 32.1. The van der Waals surface area contributed by atoms with Crippen molar-refractivity contribution in [3.8, 4) is 0 Å². The topological polar surface area (TPSA) is 20.3 Å². The lowest BCUT2D eigenvalue weighted by molar-refractivity contribution is 0.0906. The van der Waals surface area contributed by atoms with E-state index in [2.05, 4.69) is 32.6 Å². The first-order valence-electron chi connectivity index (χ1n) is 6.30. The number of nitrogens with zero attached hydrogens (tertiary/aromatic N) is 1. The van der Waals surface area contributed by atoms with Crippen LogP contribution in [0.15, 0.2) is 6.07 Å². The second-order valence-electron chi connectivity index (χ2n) is 4.81. The zero-order chi connectivity index (χ0) is 13.0. The molecule has 0 aliphatic heterocycles. The van der Waals surface area contributed by atoms with Crippen LogP contribution in [0.25, 0.3) is 0 Å². The van der Waals surface area contributed by atoms with Crippen molar-refractivity contribution in [1.82, 2.24) is 4.90 Å².